The first-order chi connectivity index (χ1) is 9.24. The second-order valence-corrected chi connectivity index (χ2v) is 5.15. The van der Waals surface area contributed by atoms with E-state index >= 15 is 0 Å². The van der Waals surface area contributed by atoms with E-state index in [1.54, 1.807) is 11.3 Å². The first-order valence-corrected chi connectivity index (χ1v) is 6.76. The first-order valence-electron chi connectivity index (χ1n) is 5.88. The Hall–Kier alpha value is -1.94. The van der Waals surface area contributed by atoms with Gasteiger partial charge in [0.15, 0.2) is 0 Å². The van der Waals surface area contributed by atoms with Crippen molar-refractivity contribution in [2.45, 2.75) is 6.54 Å². The van der Waals surface area contributed by atoms with Crippen LogP contribution in [-0.2, 0) is 6.54 Å². The Kier molecular flexibility index (Phi) is 3.17. The third-order valence-electron chi connectivity index (χ3n) is 2.96. The third-order valence-corrected chi connectivity index (χ3v) is 3.97. The summed E-state index contributed by atoms with van der Waals surface area (Å²) in [4.78, 5) is 0. The van der Waals surface area contributed by atoms with Crippen molar-refractivity contribution in [3.63, 3.8) is 0 Å². The van der Waals surface area contributed by atoms with Crippen molar-refractivity contribution >= 4 is 27.1 Å². The molecule has 0 aliphatic rings. The van der Waals surface area contributed by atoms with Crippen molar-refractivity contribution in [3.8, 4) is 0 Å². The van der Waals surface area contributed by atoms with Crippen molar-refractivity contribution in [2.24, 2.45) is 0 Å². The van der Waals surface area contributed by atoms with Crippen LogP contribution in [0, 0.1) is 11.6 Å². The zero-order valence-electron chi connectivity index (χ0n) is 9.99. The molecule has 1 N–H and O–H groups in total. The van der Waals surface area contributed by atoms with Crippen molar-refractivity contribution in [2.75, 3.05) is 5.32 Å². The predicted octanol–water partition coefficient (Wildman–Crippen LogP) is 4.79. The Morgan fingerprint density at radius 2 is 1.89 bits per heavy atom. The fourth-order valence-corrected chi connectivity index (χ4v) is 2.96. The summed E-state index contributed by atoms with van der Waals surface area (Å²) in [6, 6.07) is 11.6. The van der Waals surface area contributed by atoms with Gasteiger partial charge in [-0.25, -0.2) is 8.78 Å². The molecule has 0 aliphatic heterocycles. The molecule has 1 nitrogen and oxygen atoms in total. The molecule has 0 saturated carbocycles. The summed E-state index contributed by atoms with van der Waals surface area (Å²) in [5, 5.41) is 6.22. The first kappa shape index (κ1) is 12.1. The van der Waals surface area contributed by atoms with Crippen LogP contribution in [0.3, 0.4) is 0 Å². The monoisotopic (exact) mass is 275 g/mol. The van der Waals surface area contributed by atoms with Crippen LogP contribution in [0.15, 0.2) is 47.8 Å². The van der Waals surface area contributed by atoms with Crippen LogP contribution in [0.5, 0.6) is 0 Å². The number of anilines is 1. The highest BCUT2D eigenvalue weighted by atomic mass is 32.1. The van der Waals surface area contributed by atoms with Crippen LogP contribution < -0.4 is 5.32 Å². The Morgan fingerprint density at radius 1 is 1.05 bits per heavy atom. The maximum atomic E-state index is 13.5. The third kappa shape index (κ3) is 2.44. The van der Waals surface area contributed by atoms with Gasteiger partial charge in [0.1, 0.15) is 11.6 Å². The molecule has 0 unspecified atom stereocenters. The lowest BCUT2D eigenvalue weighted by Gasteiger charge is -2.07. The Labute approximate surface area is 113 Å². The van der Waals surface area contributed by atoms with Crippen LogP contribution in [0.1, 0.15) is 5.56 Å². The summed E-state index contributed by atoms with van der Waals surface area (Å²) in [7, 11) is 0. The van der Waals surface area contributed by atoms with Gasteiger partial charge in [0.2, 0.25) is 0 Å². The topological polar surface area (TPSA) is 12.0 Å². The average Bonchev–Trinajstić information content (AvgIpc) is 2.81. The molecule has 2 aromatic carbocycles. The molecular weight excluding hydrogens is 264 g/mol. The smallest absolute Gasteiger partial charge is 0.149 e. The predicted molar refractivity (Wildman–Crippen MR) is 75.5 cm³/mol. The lowest BCUT2D eigenvalue weighted by atomic mass is 10.2. The van der Waals surface area contributed by atoms with E-state index < -0.39 is 11.6 Å². The maximum Gasteiger partial charge on any atom is 0.149 e. The molecule has 0 atom stereocenters. The fraction of sp³-hybridized carbons (Fsp3) is 0.0667. The number of halogens is 2. The minimum Gasteiger partial charge on any atom is -0.379 e. The number of benzene rings is 2. The van der Waals surface area contributed by atoms with Crippen LogP contribution >= 0.6 is 11.3 Å². The van der Waals surface area contributed by atoms with Gasteiger partial charge in [-0.2, -0.15) is 0 Å². The van der Waals surface area contributed by atoms with Gasteiger partial charge in [-0.3, -0.25) is 0 Å². The van der Waals surface area contributed by atoms with Gasteiger partial charge in [0.25, 0.3) is 0 Å². The van der Waals surface area contributed by atoms with E-state index in [0.717, 1.165) is 11.6 Å². The van der Waals surface area contributed by atoms with Gasteiger partial charge in [-0.05, 0) is 34.5 Å². The standard InChI is InChI=1S/C15H11F2NS/c16-11-5-6-14(13(17)7-11)18-8-10-9-19-15-4-2-1-3-12(10)15/h1-7,9,18H,8H2. The summed E-state index contributed by atoms with van der Waals surface area (Å²) in [5.41, 5.74) is 1.43. The van der Waals surface area contributed by atoms with E-state index in [0.29, 0.717) is 12.2 Å². The highest BCUT2D eigenvalue weighted by molar-refractivity contribution is 7.17. The Balaban J connectivity index is 1.82. The SMILES string of the molecule is Fc1ccc(NCc2csc3ccccc23)c(F)c1. The van der Waals surface area contributed by atoms with Crippen LogP contribution in [0.4, 0.5) is 14.5 Å². The van der Waals surface area contributed by atoms with Crippen molar-refractivity contribution in [1.82, 2.24) is 0 Å². The van der Waals surface area contributed by atoms with Crippen LogP contribution in [0.2, 0.25) is 0 Å². The number of rotatable bonds is 3. The van der Waals surface area contributed by atoms with Crippen molar-refractivity contribution in [3.05, 3.63) is 65.0 Å². The highest BCUT2D eigenvalue weighted by Crippen LogP contribution is 2.26. The molecule has 19 heavy (non-hydrogen) atoms. The van der Waals surface area contributed by atoms with Crippen molar-refractivity contribution in [1.29, 1.82) is 0 Å². The average molecular weight is 275 g/mol. The molecule has 3 aromatic rings. The van der Waals surface area contributed by atoms with Gasteiger partial charge in [0, 0.05) is 17.3 Å². The fourth-order valence-electron chi connectivity index (χ4n) is 1.99. The largest absolute Gasteiger partial charge is 0.379 e. The lowest BCUT2D eigenvalue weighted by Crippen LogP contribution is -2.01. The van der Waals surface area contributed by atoms with Gasteiger partial charge in [-0.1, -0.05) is 18.2 Å². The summed E-state index contributed by atoms with van der Waals surface area (Å²) in [5.74, 6) is -1.14. The highest BCUT2D eigenvalue weighted by Gasteiger charge is 2.06. The molecule has 0 saturated heterocycles. The van der Waals surface area contributed by atoms with E-state index in [1.807, 2.05) is 18.2 Å². The Morgan fingerprint density at radius 3 is 2.74 bits per heavy atom. The minimum atomic E-state index is -0.570. The molecule has 0 fully saturated rings. The zero-order valence-corrected chi connectivity index (χ0v) is 10.8. The van der Waals surface area contributed by atoms with Gasteiger partial charge in [-0.15, -0.1) is 11.3 Å². The molecule has 1 aromatic heterocycles. The zero-order chi connectivity index (χ0) is 13.2. The number of hydrogen-bond donors (Lipinski definition) is 1. The number of nitrogens with one attached hydrogen (secondary N) is 1. The number of hydrogen-bond acceptors (Lipinski definition) is 2. The molecule has 96 valence electrons. The maximum absolute atomic E-state index is 13.5. The number of fused-ring (bicyclic) bond motifs is 1. The van der Waals surface area contributed by atoms with E-state index in [9.17, 15) is 8.78 Å². The van der Waals surface area contributed by atoms with Crippen molar-refractivity contribution < 1.29 is 8.78 Å². The number of thiophene rings is 1. The summed E-state index contributed by atoms with van der Waals surface area (Å²) in [6.45, 7) is 0.520. The van der Waals surface area contributed by atoms with Gasteiger partial charge < -0.3 is 5.32 Å². The molecule has 0 aliphatic carbocycles. The van der Waals surface area contributed by atoms with Crippen LogP contribution in [-0.4, -0.2) is 0 Å². The molecule has 1 heterocycles. The van der Waals surface area contributed by atoms with E-state index in [2.05, 4.69) is 16.8 Å². The summed E-state index contributed by atoms with van der Waals surface area (Å²) in [6.07, 6.45) is 0. The summed E-state index contributed by atoms with van der Waals surface area (Å²) < 4.78 is 27.5. The lowest BCUT2D eigenvalue weighted by molar-refractivity contribution is 0.585. The quantitative estimate of drug-likeness (QED) is 0.724. The second kappa shape index (κ2) is 4.97. The second-order valence-electron chi connectivity index (χ2n) is 4.23. The normalized spacial score (nSPS) is 10.8. The van der Waals surface area contributed by atoms with E-state index in [-0.39, 0.29) is 0 Å². The molecule has 0 amide bonds. The van der Waals surface area contributed by atoms with E-state index in [4.69, 9.17) is 0 Å². The molecule has 0 bridgehead atoms. The summed E-state index contributed by atoms with van der Waals surface area (Å²) >= 11 is 1.66. The molecule has 0 radical (unpaired) electrons. The molecule has 0 spiro atoms. The van der Waals surface area contributed by atoms with Gasteiger partial charge >= 0.3 is 0 Å². The van der Waals surface area contributed by atoms with Crippen LogP contribution in [0.25, 0.3) is 10.1 Å². The molecular formula is C15H11F2NS. The Bertz CT molecular complexity index is 721. The van der Waals surface area contributed by atoms with Gasteiger partial charge in [0.05, 0.1) is 5.69 Å². The minimum absolute atomic E-state index is 0.316. The molecule has 3 rings (SSSR count). The van der Waals surface area contributed by atoms with E-state index in [1.165, 1.54) is 22.2 Å². The molecule has 4 heteroatoms.